The van der Waals surface area contributed by atoms with Gasteiger partial charge in [-0.3, -0.25) is 0 Å². The molecule has 0 aromatic carbocycles. The smallest absolute Gasteiger partial charge is 0.0438 e. The first-order valence-corrected chi connectivity index (χ1v) is 9.38. The predicted molar refractivity (Wildman–Crippen MR) is 94.1 cm³/mol. The van der Waals surface area contributed by atoms with E-state index in [1.165, 1.54) is 51.4 Å². The Bertz CT molecular complexity index is 186. The van der Waals surface area contributed by atoms with E-state index in [1.54, 1.807) is 0 Å². The highest BCUT2D eigenvalue weighted by Gasteiger charge is 2.16. The Morgan fingerprint density at radius 3 is 0.950 bits per heavy atom. The molecule has 4 unspecified atom stereocenters. The van der Waals surface area contributed by atoms with Gasteiger partial charge in [0.25, 0.3) is 0 Å². The Kier molecular flexibility index (Phi) is 11.6. The summed E-state index contributed by atoms with van der Waals surface area (Å²) in [6.07, 6.45) is 11.2. The van der Waals surface area contributed by atoms with Gasteiger partial charge in [0.05, 0.1) is 0 Å². The van der Waals surface area contributed by atoms with Crippen molar-refractivity contribution in [2.45, 2.75) is 99.8 Å². The summed E-state index contributed by atoms with van der Waals surface area (Å²) in [6, 6.07) is 0. The zero-order valence-corrected chi connectivity index (χ0v) is 15.5. The maximum Gasteiger partial charge on any atom is -0.0438 e. The van der Waals surface area contributed by atoms with Crippen LogP contribution in [0.5, 0.6) is 0 Å². The minimum Gasteiger partial charge on any atom is -0.0654 e. The molecule has 0 heterocycles. The Morgan fingerprint density at radius 2 is 0.700 bits per heavy atom. The largest absolute Gasteiger partial charge is 0.0654 e. The standard InChI is InChI=1S/C20H42/c1-8-10-16(3)12-18(5)14-20(7)15-19(6)13-17(4)11-9-2/h16-20H,8-15H2,1-7H3. The van der Waals surface area contributed by atoms with E-state index in [0.717, 1.165) is 29.6 Å². The van der Waals surface area contributed by atoms with Crippen LogP contribution in [0.25, 0.3) is 0 Å². The van der Waals surface area contributed by atoms with Crippen LogP contribution in [0.1, 0.15) is 99.8 Å². The predicted octanol–water partition coefficient (Wildman–Crippen LogP) is 7.33. The first-order chi connectivity index (χ1) is 9.38. The van der Waals surface area contributed by atoms with Crippen LogP contribution >= 0.6 is 0 Å². The van der Waals surface area contributed by atoms with Crippen molar-refractivity contribution in [2.75, 3.05) is 0 Å². The van der Waals surface area contributed by atoms with E-state index in [0.29, 0.717) is 0 Å². The third kappa shape index (κ3) is 10.7. The molecule has 0 saturated carbocycles. The molecule has 0 aromatic heterocycles. The summed E-state index contributed by atoms with van der Waals surface area (Å²) in [6.45, 7) is 16.9. The monoisotopic (exact) mass is 282 g/mol. The molecule has 122 valence electrons. The van der Waals surface area contributed by atoms with Gasteiger partial charge in [-0.15, -0.1) is 0 Å². The van der Waals surface area contributed by atoms with Gasteiger partial charge >= 0.3 is 0 Å². The van der Waals surface area contributed by atoms with Gasteiger partial charge in [-0.05, 0) is 55.3 Å². The second kappa shape index (κ2) is 11.6. The highest BCUT2D eigenvalue weighted by Crippen LogP contribution is 2.28. The van der Waals surface area contributed by atoms with Gasteiger partial charge < -0.3 is 0 Å². The van der Waals surface area contributed by atoms with Crippen LogP contribution in [-0.4, -0.2) is 0 Å². The van der Waals surface area contributed by atoms with Crippen molar-refractivity contribution in [3.8, 4) is 0 Å². The first-order valence-electron chi connectivity index (χ1n) is 9.38. The van der Waals surface area contributed by atoms with E-state index in [1.807, 2.05) is 0 Å². The minimum atomic E-state index is 0.905. The first kappa shape index (κ1) is 20.0. The summed E-state index contributed by atoms with van der Waals surface area (Å²) in [7, 11) is 0. The van der Waals surface area contributed by atoms with Crippen LogP contribution in [0.15, 0.2) is 0 Å². The van der Waals surface area contributed by atoms with Gasteiger partial charge in [-0.1, -0.05) is 74.1 Å². The van der Waals surface area contributed by atoms with Crippen molar-refractivity contribution < 1.29 is 0 Å². The molecule has 0 fully saturated rings. The third-order valence-corrected chi connectivity index (χ3v) is 4.78. The average molecular weight is 283 g/mol. The fraction of sp³-hybridized carbons (Fsp3) is 1.00. The van der Waals surface area contributed by atoms with Gasteiger partial charge in [0.2, 0.25) is 0 Å². The van der Waals surface area contributed by atoms with E-state index in [4.69, 9.17) is 0 Å². The lowest BCUT2D eigenvalue weighted by Crippen LogP contribution is -2.12. The molecule has 4 atom stereocenters. The molecule has 0 spiro atoms. The molecule has 0 nitrogen and oxygen atoms in total. The van der Waals surface area contributed by atoms with Gasteiger partial charge in [0.1, 0.15) is 0 Å². The molecule has 0 aliphatic heterocycles. The molecule has 0 heteroatoms. The van der Waals surface area contributed by atoms with E-state index in [2.05, 4.69) is 48.5 Å². The quantitative estimate of drug-likeness (QED) is 0.351. The molecule has 20 heavy (non-hydrogen) atoms. The molecule has 0 rings (SSSR count). The zero-order valence-electron chi connectivity index (χ0n) is 15.5. The maximum atomic E-state index is 2.47. The summed E-state index contributed by atoms with van der Waals surface area (Å²) in [5, 5.41) is 0. The van der Waals surface area contributed by atoms with E-state index < -0.39 is 0 Å². The Balaban J connectivity index is 3.87. The molecule has 0 bridgehead atoms. The molecule has 0 aliphatic rings. The van der Waals surface area contributed by atoms with Crippen molar-refractivity contribution in [3.05, 3.63) is 0 Å². The number of hydrogen-bond donors (Lipinski definition) is 0. The summed E-state index contributed by atoms with van der Waals surface area (Å²) in [5.74, 6) is 4.56. The van der Waals surface area contributed by atoms with Gasteiger partial charge in [-0.25, -0.2) is 0 Å². The van der Waals surface area contributed by atoms with Crippen molar-refractivity contribution in [1.29, 1.82) is 0 Å². The van der Waals surface area contributed by atoms with Crippen LogP contribution in [0.2, 0.25) is 0 Å². The van der Waals surface area contributed by atoms with Crippen LogP contribution in [0, 0.1) is 29.6 Å². The van der Waals surface area contributed by atoms with Gasteiger partial charge in [0.15, 0.2) is 0 Å². The molecule has 0 aromatic rings. The molecule has 0 amide bonds. The SMILES string of the molecule is CCCC(C)CC(C)CC(C)CC(C)CC(C)CCC. The van der Waals surface area contributed by atoms with Crippen molar-refractivity contribution >= 4 is 0 Å². The fourth-order valence-electron chi connectivity index (χ4n) is 4.26. The van der Waals surface area contributed by atoms with E-state index >= 15 is 0 Å². The zero-order chi connectivity index (χ0) is 15.5. The van der Waals surface area contributed by atoms with Crippen LogP contribution in [0.3, 0.4) is 0 Å². The molecular formula is C20H42. The third-order valence-electron chi connectivity index (χ3n) is 4.78. The minimum absolute atomic E-state index is 0.905. The molecule has 0 N–H and O–H groups in total. The highest BCUT2D eigenvalue weighted by molar-refractivity contribution is 4.67. The van der Waals surface area contributed by atoms with Crippen LogP contribution < -0.4 is 0 Å². The molecule has 0 aliphatic carbocycles. The molecular weight excluding hydrogens is 240 g/mol. The Hall–Kier alpha value is 0. The second-order valence-electron chi connectivity index (χ2n) is 8.05. The van der Waals surface area contributed by atoms with Crippen molar-refractivity contribution in [2.24, 2.45) is 29.6 Å². The Morgan fingerprint density at radius 1 is 0.450 bits per heavy atom. The highest BCUT2D eigenvalue weighted by atomic mass is 14.2. The van der Waals surface area contributed by atoms with E-state index in [9.17, 15) is 0 Å². The maximum absolute atomic E-state index is 2.47. The van der Waals surface area contributed by atoms with Crippen molar-refractivity contribution in [1.82, 2.24) is 0 Å². The lowest BCUT2D eigenvalue weighted by molar-refractivity contribution is 0.279. The molecule has 0 radical (unpaired) electrons. The lowest BCUT2D eigenvalue weighted by atomic mass is 9.82. The van der Waals surface area contributed by atoms with Crippen molar-refractivity contribution in [3.63, 3.8) is 0 Å². The normalized spacial score (nSPS) is 19.4. The lowest BCUT2D eigenvalue weighted by Gasteiger charge is -2.24. The molecule has 0 saturated heterocycles. The van der Waals surface area contributed by atoms with Crippen LogP contribution in [-0.2, 0) is 0 Å². The fourth-order valence-corrected chi connectivity index (χ4v) is 4.26. The van der Waals surface area contributed by atoms with Gasteiger partial charge in [-0.2, -0.15) is 0 Å². The summed E-state index contributed by atoms with van der Waals surface area (Å²) >= 11 is 0. The summed E-state index contributed by atoms with van der Waals surface area (Å²) in [4.78, 5) is 0. The van der Waals surface area contributed by atoms with Crippen LogP contribution in [0.4, 0.5) is 0 Å². The average Bonchev–Trinajstić information content (AvgIpc) is 2.27. The topological polar surface area (TPSA) is 0 Å². The summed E-state index contributed by atoms with van der Waals surface area (Å²) < 4.78 is 0. The number of rotatable bonds is 12. The second-order valence-corrected chi connectivity index (χ2v) is 8.05. The number of hydrogen-bond acceptors (Lipinski definition) is 0. The summed E-state index contributed by atoms with van der Waals surface area (Å²) in [5.41, 5.74) is 0. The van der Waals surface area contributed by atoms with Gasteiger partial charge in [0, 0.05) is 0 Å². The van der Waals surface area contributed by atoms with E-state index in [-0.39, 0.29) is 0 Å². The Labute approximate surface area is 130 Å².